The molecule has 4 rings (SSSR count). The second-order valence-corrected chi connectivity index (χ2v) is 10.4. The van der Waals surface area contributed by atoms with Crippen molar-refractivity contribution >= 4 is 17.4 Å². The van der Waals surface area contributed by atoms with E-state index < -0.39 is 11.8 Å². The molecule has 0 bridgehead atoms. The van der Waals surface area contributed by atoms with Crippen LogP contribution in [-0.2, 0) is 0 Å². The first-order valence-corrected chi connectivity index (χ1v) is 11.3. The van der Waals surface area contributed by atoms with E-state index in [1.807, 2.05) is 47.0 Å². The van der Waals surface area contributed by atoms with Gasteiger partial charge in [-0.15, -0.1) is 0 Å². The highest BCUT2D eigenvalue weighted by atomic mass is 19.1. The number of fused-ring (bicyclic) bond motifs is 1. The molecule has 0 fully saturated rings. The highest BCUT2D eigenvalue weighted by molar-refractivity contribution is 5.92. The summed E-state index contributed by atoms with van der Waals surface area (Å²) in [4.78, 5) is 17.6. The Morgan fingerprint density at radius 1 is 0.971 bits per heavy atom. The van der Waals surface area contributed by atoms with Crippen LogP contribution in [0.3, 0.4) is 0 Å². The number of pyridine rings is 1. The predicted octanol–water partition coefficient (Wildman–Crippen LogP) is 6.99. The monoisotopic (exact) mass is 459 g/mol. The third kappa shape index (κ3) is 5.28. The number of benzene rings is 2. The molecule has 0 aliphatic carbocycles. The number of carbonyl (C=O) groups is 1. The zero-order valence-electron chi connectivity index (χ0n) is 20.2. The average Bonchev–Trinajstić information content (AvgIpc) is 3.10. The molecule has 2 aromatic carbocycles. The van der Waals surface area contributed by atoms with Crippen molar-refractivity contribution in [2.45, 2.75) is 46.6 Å². The summed E-state index contributed by atoms with van der Waals surface area (Å²) in [7, 11) is 0. The van der Waals surface area contributed by atoms with Crippen LogP contribution in [0.2, 0.25) is 0 Å². The van der Waals surface area contributed by atoms with Crippen LogP contribution in [0, 0.1) is 11.2 Å². The summed E-state index contributed by atoms with van der Waals surface area (Å²) in [5.74, 6) is 0.251. The molecule has 0 amide bonds. The van der Waals surface area contributed by atoms with Crippen LogP contribution in [0.4, 0.5) is 10.2 Å². The standard InChI is InChI=1S/C28H30FN3O2/c1-27(2,3)18-28(4,5)31-25-24(30-23-12-8-9-17-32(23)25)21-10-6-7-11-22(21)34-26(33)19-13-15-20(29)16-14-19/h6-17,31H,18H2,1-5H3. The van der Waals surface area contributed by atoms with Crippen molar-refractivity contribution < 1.29 is 13.9 Å². The molecule has 0 spiro atoms. The van der Waals surface area contributed by atoms with E-state index in [0.29, 0.717) is 17.0 Å². The molecule has 0 saturated heterocycles. The number of ether oxygens (including phenoxy) is 1. The summed E-state index contributed by atoms with van der Waals surface area (Å²) >= 11 is 0. The van der Waals surface area contributed by atoms with Crippen LogP contribution in [0.15, 0.2) is 72.9 Å². The Bertz CT molecular complexity index is 1320. The van der Waals surface area contributed by atoms with E-state index >= 15 is 0 Å². The van der Waals surface area contributed by atoms with E-state index in [-0.39, 0.29) is 16.5 Å². The third-order valence-corrected chi connectivity index (χ3v) is 5.38. The van der Waals surface area contributed by atoms with Crippen molar-refractivity contribution in [3.63, 3.8) is 0 Å². The van der Waals surface area contributed by atoms with Crippen molar-refractivity contribution in [1.82, 2.24) is 9.38 Å². The van der Waals surface area contributed by atoms with Gasteiger partial charge in [0.1, 0.15) is 28.7 Å². The Morgan fingerprint density at radius 3 is 2.35 bits per heavy atom. The van der Waals surface area contributed by atoms with Gasteiger partial charge in [-0.3, -0.25) is 4.40 Å². The number of esters is 1. The Labute approximate surface area is 199 Å². The lowest BCUT2D eigenvalue weighted by Crippen LogP contribution is -2.36. The number of aromatic nitrogens is 2. The minimum absolute atomic E-state index is 0.125. The maximum absolute atomic E-state index is 13.3. The van der Waals surface area contributed by atoms with Gasteiger partial charge in [0.15, 0.2) is 0 Å². The minimum Gasteiger partial charge on any atom is -0.422 e. The van der Waals surface area contributed by atoms with Crippen LogP contribution < -0.4 is 10.1 Å². The van der Waals surface area contributed by atoms with Crippen molar-refractivity contribution in [1.29, 1.82) is 0 Å². The maximum atomic E-state index is 13.3. The number of nitrogens with zero attached hydrogens (tertiary/aromatic N) is 2. The number of para-hydroxylation sites is 1. The second-order valence-electron chi connectivity index (χ2n) is 10.4. The molecule has 0 aliphatic heterocycles. The van der Waals surface area contributed by atoms with Crippen LogP contribution >= 0.6 is 0 Å². The summed E-state index contributed by atoms with van der Waals surface area (Å²) < 4.78 is 21.0. The smallest absolute Gasteiger partial charge is 0.343 e. The number of hydrogen-bond donors (Lipinski definition) is 1. The number of imidazole rings is 1. The number of nitrogens with one attached hydrogen (secondary N) is 1. The Balaban J connectivity index is 1.76. The summed E-state index contributed by atoms with van der Waals surface area (Å²) in [6.07, 6.45) is 2.90. The molecule has 0 unspecified atom stereocenters. The Kier molecular flexibility index (Phi) is 6.17. The Hall–Kier alpha value is -3.67. The number of carbonyl (C=O) groups excluding carboxylic acids is 1. The molecule has 0 aliphatic rings. The lowest BCUT2D eigenvalue weighted by atomic mass is 9.82. The van der Waals surface area contributed by atoms with Gasteiger partial charge in [0.05, 0.1) is 5.56 Å². The van der Waals surface area contributed by atoms with E-state index in [1.165, 1.54) is 24.3 Å². The SMILES string of the molecule is CC(C)(C)CC(C)(C)Nc1c(-c2ccccc2OC(=O)c2ccc(F)cc2)nc2ccccn12. The van der Waals surface area contributed by atoms with E-state index in [4.69, 9.17) is 9.72 Å². The number of halogens is 1. The van der Waals surface area contributed by atoms with E-state index in [1.54, 1.807) is 6.07 Å². The fourth-order valence-electron chi connectivity index (χ4n) is 4.49. The summed E-state index contributed by atoms with van der Waals surface area (Å²) in [5, 5.41) is 3.70. The normalized spacial score (nSPS) is 12.1. The highest BCUT2D eigenvalue weighted by Crippen LogP contribution is 2.38. The van der Waals surface area contributed by atoms with E-state index in [0.717, 1.165) is 17.9 Å². The van der Waals surface area contributed by atoms with Crippen molar-refractivity contribution in [2.75, 3.05) is 5.32 Å². The van der Waals surface area contributed by atoms with E-state index in [9.17, 15) is 9.18 Å². The van der Waals surface area contributed by atoms with Crippen LogP contribution in [0.1, 0.15) is 51.4 Å². The molecule has 0 atom stereocenters. The largest absolute Gasteiger partial charge is 0.422 e. The molecule has 0 saturated carbocycles. The lowest BCUT2D eigenvalue weighted by Gasteiger charge is -2.34. The first kappa shape index (κ1) is 23.5. The second kappa shape index (κ2) is 8.93. The zero-order chi connectivity index (χ0) is 24.5. The fourth-order valence-corrected chi connectivity index (χ4v) is 4.49. The van der Waals surface area contributed by atoms with E-state index in [2.05, 4.69) is 39.9 Å². The molecule has 2 aromatic heterocycles. The van der Waals surface area contributed by atoms with Gasteiger partial charge in [-0.25, -0.2) is 14.2 Å². The van der Waals surface area contributed by atoms with Gasteiger partial charge in [0.2, 0.25) is 0 Å². The van der Waals surface area contributed by atoms with Gasteiger partial charge in [-0.05, 0) is 74.2 Å². The van der Waals surface area contributed by atoms with Crippen LogP contribution in [-0.4, -0.2) is 20.9 Å². The molecule has 5 nitrogen and oxygen atoms in total. The van der Waals surface area contributed by atoms with Crippen molar-refractivity contribution in [3.8, 4) is 17.0 Å². The molecule has 1 N–H and O–H groups in total. The van der Waals surface area contributed by atoms with Gasteiger partial charge in [0.25, 0.3) is 0 Å². The number of anilines is 1. The first-order valence-electron chi connectivity index (χ1n) is 11.3. The zero-order valence-corrected chi connectivity index (χ0v) is 20.2. The van der Waals surface area contributed by atoms with Gasteiger partial charge >= 0.3 is 5.97 Å². The summed E-state index contributed by atoms with van der Waals surface area (Å²) in [6.45, 7) is 11.0. The van der Waals surface area contributed by atoms with Gasteiger partial charge in [-0.1, -0.05) is 39.0 Å². The minimum atomic E-state index is -0.557. The molecule has 34 heavy (non-hydrogen) atoms. The molecular weight excluding hydrogens is 429 g/mol. The van der Waals surface area contributed by atoms with Gasteiger partial charge in [-0.2, -0.15) is 0 Å². The number of hydrogen-bond acceptors (Lipinski definition) is 4. The fraction of sp³-hybridized carbons (Fsp3) is 0.286. The third-order valence-electron chi connectivity index (χ3n) is 5.38. The van der Waals surface area contributed by atoms with Crippen LogP contribution in [0.5, 0.6) is 5.75 Å². The molecular formula is C28H30FN3O2. The van der Waals surface area contributed by atoms with Gasteiger partial charge < -0.3 is 10.1 Å². The maximum Gasteiger partial charge on any atom is 0.343 e. The van der Waals surface area contributed by atoms with Crippen molar-refractivity contribution in [3.05, 3.63) is 84.3 Å². The molecule has 6 heteroatoms. The quantitative estimate of drug-likeness (QED) is 0.249. The average molecular weight is 460 g/mol. The molecule has 2 heterocycles. The van der Waals surface area contributed by atoms with Gasteiger partial charge in [0, 0.05) is 17.3 Å². The summed E-state index contributed by atoms with van der Waals surface area (Å²) in [6, 6.07) is 18.5. The Morgan fingerprint density at radius 2 is 1.65 bits per heavy atom. The highest BCUT2D eigenvalue weighted by Gasteiger charge is 2.28. The van der Waals surface area contributed by atoms with Crippen molar-refractivity contribution in [2.24, 2.45) is 5.41 Å². The first-order chi connectivity index (χ1) is 16.0. The summed E-state index contributed by atoms with van der Waals surface area (Å²) in [5.41, 5.74) is 2.34. The lowest BCUT2D eigenvalue weighted by molar-refractivity contribution is 0.0735. The molecule has 176 valence electrons. The number of rotatable bonds is 6. The topological polar surface area (TPSA) is 55.6 Å². The molecule has 0 radical (unpaired) electrons. The molecule has 4 aromatic rings. The predicted molar refractivity (Wildman–Crippen MR) is 134 cm³/mol. The van der Waals surface area contributed by atoms with Crippen LogP contribution in [0.25, 0.3) is 16.9 Å².